The maximum atomic E-state index is 12.7. The molecule has 0 aliphatic heterocycles. The predicted octanol–water partition coefficient (Wildman–Crippen LogP) is 1.56. The molecule has 0 atom stereocenters. The molecule has 0 heterocycles. The van der Waals surface area contributed by atoms with Gasteiger partial charge in [0.2, 0.25) is 5.91 Å². The van der Waals surface area contributed by atoms with Crippen LogP contribution in [0.4, 0.5) is 0 Å². The number of carbonyl (C=O) groups is 1. The van der Waals surface area contributed by atoms with Crippen LogP contribution in [0.5, 0.6) is 0 Å². The lowest BCUT2D eigenvalue weighted by molar-refractivity contribution is -0.135. The van der Waals surface area contributed by atoms with E-state index < -0.39 is 5.41 Å². The van der Waals surface area contributed by atoms with Crippen molar-refractivity contribution in [1.29, 1.82) is 0 Å². The van der Waals surface area contributed by atoms with Crippen LogP contribution in [0.3, 0.4) is 0 Å². The Morgan fingerprint density at radius 3 is 2.32 bits per heavy atom. The average molecular weight is 268 g/mol. The molecule has 19 heavy (non-hydrogen) atoms. The molecule has 0 unspecified atom stereocenters. The second-order valence-corrected chi connectivity index (χ2v) is 6.77. The van der Waals surface area contributed by atoms with Crippen molar-refractivity contribution in [2.24, 2.45) is 17.1 Å². The highest BCUT2D eigenvalue weighted by atomic mass is 16.3. The monoisotopic (exact) mass is 268 g/mol. The van der Waals surface area contributed by atoms with Gasteiger partial charge in [0.25, 0.3) is 0 Å². The molecular weight excluding hydrogens is 240 g/mol. The van der Waals surface area contributed by atoms with Gasteiger partial charge in [0.15, 0.2) is 0 Å². The predicted molar refractivity (Wildman–Crippen MR) is 75.5 cm³/mol. The van der Waals surface area contributed by atoms with Crippen LogP contribution >= 0.6 is 0 Å². The molecule has 2 aliphatic rings. The van der Waals surface area contributed by atoms with E-state index in [0.717, 1.165) is 51.4 Å². The van der Waals surface area contributed by atoms with Crippen molar-refractivity contribution in [3.63, 3.8) is 0 Å². The molecule has 2 aliphatic carbocycles. The van der Waals surface area contributed by atoms with E-state index in [1.54, 1.807) is 0 Å². The Kier molecular flexibility index (Phi) is 4.51. The number of nitrogens with one attached hydrogen (secondary N) is 1. The van der Waals surface area contributed by atoms with Gasteiger partial charge < -0.3 is 16.2 Å². The summed E-state index contributed by atoms with van der Waals surface area (Å²) in [4.78, 5) is 12.7. The van der Waals surface area contributed by atoms with Crippen molar-refractivity contribution in [2.75, 3.05) is 13.2 Å². The van der Waals surface area contributed by atoms with E-state index in [2.05, 4.69) is 12.2 Å². The minimum Gasteiger partial charge on any atom is -0.394 e. The quantitative estimate of drug-likeness (QED) is 0.724. The van der Waals surface area contributed by atoms with Gasteiger partial charge >= 0.3 is 0 Å². The largest absolute Gasteiger partial charge is 0.394 e. The molecule has 4 nitrogen and oxygen atoms in total. The van der Waals surface area contributed by atoms with Crippen molar-refractivity contribution in [1.82, 2.24) is 5.32 Å². The van der Waals surface area contributed by atoms with Crippen LogP contribution in [0.2, 0.25) is 0 Å². The molecule has 0 aromatic rings. The summed E-state index contributed by atoms with van der Waals surface area (Å²) in [6, 6.07) is 0. The van der Waals surface area contributed by atoms with Crippen molar-refractivity contribution >= 4 is 5.91 Å². The fourth-order valence-electron chi connectivity index (χ4n) is 3.59. The molecule has 0 bridgehead atoms. The molecule has 4 N–H and O–H groups in total. The fourth-order valence-corrected chi connectivity index (χ4v) is 3.59. The summed E-state index contributed by atoms with van der Waals surface area (Å²) in [7, 11) is 0. The molecule has 1 amide bonds. The molecule has 4 heteroatoms. The van der Waals surface area contributed by atoms with Crippen molar-refractivity contribution in [2.45, 2.75) is 63.8 Å². The normalized spacial score (nSPS) is 34.2. The second-order valence-electron chi connectivity index (χ2n) is 6.77. The van der Waals surface area contributed by atoms with Gasteiger partial charge in [0.05, 0.1) is 17.6 Å². The zero-order chi connectivity index (χ0) is 13.9. The first kappa shape index (κ1) is 14.8. The van der Waals surface area contributed by atoms with E-state index in [1.165, 1.54) is 0 Å². The summed E-state index contributed by atoms with van der Waals surface area (Å²) in [6.07, 6.45) is 7.91. The molecule has 0 aromatic carbocycles. The van der Waals surface area contributed by atoms with Crippen molar-refractivity contribution in [3.8, 4) is 0 Å². The lowest BCUT2D eigenvalue weighted by Gasteiger charge is -2.40. The van der Waals surface area contributed by atoms with Gasteiger partial charge in [-0.3, -0.25) is 4.79 Å². The van der Waals surface area contributed by atoms with E-state index in [1.807, 2.05) is 0 Å². The van der Waals surface area contributed by atoms with E-state index in [4.69, 9.17) is 5.73 Å². The standard InChI is InChI=1S/C15H28N2O2/c1-12-4-8-14(10-16,9-5-12)13(19)17-15(11-18)6-2-3-7-15/h12,18H,2-11,16H2,1H3,(H,17,19). The maximum absolute atomic E-state index is 12.7. The Labute approximate surface area is 116 Å². The molecule has 0 spiro atoms. The SMILES string of the molecule is CC1CCC(CN)(C(=O)NC2(CO)CCCC2)CC1. The Bertz CT molecular complexity index is 316. The summed E-state index contributed by atoms with van der Waals surface area (Å²) in [6.45, 7) is 2.72. The molecule has 0 saturated heterocycles. The van der Waals surface area contributed by atoms with Crippen LogP contribution in [0.15, 0.2) is 0 Å². The molecule has 2 fully saturated rings. The Hall–Kier alpha value is -0.610. The van der Waals surface area contributed by atoms with Gasteiger partial charge in [-0.1, -0.05) is 19.8 Å². The maximum Gasteiger partial charge on any atom is 0.228 e. The van der Waals surface area contributed by atoms with E-state index in [-0.39, 0.29) is 18.1 Å². The first-order valence-electron chi connectivity index (χ1n) is 7.69. The van der Waals surface area contributed by atoms with Gasteiger partial charge in [-0.15, -0.1) is 0 Å². The lowest BCUT2D eigenvalue weighted by Crippen LogP contribution is -2.57. The van der Waals surface area contributed by atoms with Gasteiger partial charge in [0, 0.05) is 6.54 Å². The van der Waals surface area contributed by atoms with Crippen LogP contribution in [-0.2, 0) is 4.79 Å². The lowest BCUT2D eigenvalue weighted by atomic mass is 9.70. The topological polar surface area (TPSA) is 75.4 Å². The summed E-state index contributed by atoms with van der Waals surface area (Å²) in [5, 5.41) is 12.8. The highest BCUT2D eigenvalue weighted by molar-refractivity contribution is 5.83. The number of aliphatic hydroxyl groups excluding tert-OH is 1. The molecule has 2 rings (SSSR count). The number of carbonyl (C=O) groups excluding carboxylic acids is 1. The summed E-state index contributed by atoms with van der Waals surface area (Å²) in [5.41, 5.74) is 5.16. The van der Waals surface area contributed by atoms with Crippen LogP contribution in [0.1, 0.15) is 58.3 Å². The smallest absolute Gasteiger partial charge is 0.228 e. The van der Waals surface area contributed by atoms with Crippen molar-refractivity contribution in [3.05, 3.63) is 0 Å². The Morgan fingerprint density at radius 2 is 1.84 bits per heavy atom. The molecule has 110 valence electrons. The first-order valence-corrected chi connectivity index (χ1v) is 7.69. The van der Waals surface area contributed by atoms with E-state index >= 15 is 0 Å². The number of hydrogen-bond acceptors (Lipinski definition) is 3. The molecular formula is C15H28N2O2. The first-order chi connectivity index (χ1) is 9.06. The van der Waals surface area contributed by atoms with Gasteiger partial charge in [0.1, 0.15) is 0 Å². The van der Waals surface area contributed by atoms with Crippen LogP contribution < -0.4 is 11.1 Å². The highest BCUT2D eigenvalue weighted by Gasteiger charge is 2.44. The Morgan fingerprint density at radius 1 is 1.26 bits per heavy atom. The third-order valence-electron chi connectivity index (χ3n) is 5.35. The highest BCUT2D eigenvalue weighted by Crippen LogP contribution is 2.39. The zero-order valence-electron chi connectivity index (χ0n) is 12.1. The molecule has 0 aromatic heterocycles. The summed E-state index contributed by atoms with van der Waals surface area (Å²) >= 11 is 0. The minimum absolute atomic E-state index is 0.0514. The molecule has 0 radical (unpaired) electrons. The van der Waals surface area contributed by atoms with E-state index in [0.29, 0.717) is 12.5 Å². The third kappa shape index (κ3) is 2.95. The number of amides is 1. The zero-order valence-corrected chi connectivity index (χ0v) is 12.1. The Balaban J connectivity index is 2.04. The van der Waals surface area contributed by atoms with Crippen LogP contribution in [0, 0.1) is 11.3 Å². The second kappa shape index (κ2) is 5.80. The summed E-state index contributed by atoms with van der Waals surface area (Å²) < 4.78 is 0. The number of nitrogens with two attached hydrogens (primary N) is 1. The van der Waals surface area contributed by atoms with Crippen LogP contribution in [0.25, 0.3) is 0 Å². The number of rotatable bonds is 4. The average Bonchev–Trinajstić information content (AvgIpc) is 2.89. The van der Waals surface area contributed by atoms with Gasteiger partial charge in [-0.05, 0) is 44.4 Å². The molecule has 2 saturated carbocycles. The van der Waals surface area contributed by atoms with E-state index in [9.17, 15) is 9.90 Å². The minimum atomic E-state index is -0.392. The van der Waals surface area contributed by atoms with Gasteiger partial charge in [-0.25, -0.2) is 0 Å². The number of aliphatic hydroxyl groups is 1. The third-order valence-corrected chi connectivity index (χ3v) is 5.35. The number of hydrogen-bond donors (Lipinski definition) is 3. The van der Waals surface area contributed by atoms with Crippen molar-refractivity contribution < 1.29 is 9.90 Å². The van der Waals surface area contributed by atoms with Crippen LogP contribution in [-0.4, -0.2) is 29.7 Å². The fraction of sp³-hybridized carbons (Fsp3) is 0.933. The van der Waals surface area contributed by atoms with Gasteiger partial charge in [-0.2, -0.15) is 0 Å². The summed E-state index contributed by atoms with van der Waals surface area (Å²) in [5.74, 6) is 0.781.